The van der Waals surface area contributed by atoms with Gasteiger partial charge in [0.2, 0.25) is 10.0 Å². The van der Waals surface area contributed by atoms with Crippen LogP contribution in [0.15, 0.2) is 17.0 Å². The lowest BCUT2D eigenvalue weighted by molar-refractivity contribution is 0.268. The van der Waals surface area contributed by atoms with Crippen LogP contribution in [-0.4, -0.2) is 25.3 Å². The first-order valence-electron chi connectivity index (χ1n) is 6.31. The molecule has 0 saturated carbocycles. The standard InChI is InChI=1S/C13H17Cl2NO2S/c1-9-7-13(12(15)8-11(9)14)19(17,18)16-6-4-3-5-10(16)2/h7-8,10H,3-6H2,1-2H3/t10-/m1/s1. The highest BCUT2D eigenvalue weighted by Crippen LogP contribution is 2.32. The van der Waals surface area contributed by atoms with E-state index in [2.05, 4.69) is 0 Å². The lowest BCUT2D eigenvalue weighted by atomic mass is 10.1. The topological polar surface area (TPSA) is 37.4 Å². The Hall–Kier alpha value is -0.290. The quantitative estimate of drug-likeness (QED) is 0.829. The van der Waals surface area contributed by atoms with Crippen molar-refractivity contribution in [2.45, 2.75) is 44.0 Å². The van der Waals surface area contributed by atoms with Crippen molar-refractivity contribution in [1.29, 1.82) is 0 Å². The highest BCUT2D eigenvalue weighted by molar-refractivity contribution is 7.89. The molecule has 6 heteroatoms. The van der Waals surface area contributed by atoms with Gasteiger partial charge in [0.05, 0.1) is 5.02 Å². The van der Waals surface area contributed by atoms with Crippen molar-refractivity contribution in [3.63, 3.8) is 0 Å². The van der Waals surface area contributed by atoms with Crippen molar-refractivity contribution in [3.05, 3.63) is 27.7 Å². The molecule has 0 unspecified atom stereocenters. The van der Waals surface area contributed by atoms with Crippen LogP contribution in [0.2, 0.25) is 10.0 Å². The number of nitrogens with zero attached hydrogens (tertiary/aromatic N) is 1. The number of aryl methyl sites for hydroxylation is 1. The van der Waals surface area contributed by atoms with Gasteiger partial charge in [0, 0.05) is 17.6 Å². The summed E-state index contributed by atoms with van der Waals surface area (Å²) in [4.78, 5) is 0.157. The second-order valence-corrected chi connectivity index (χ2v) is 7.67. The summed E-state index contributed by atoms with van der Waals surface area (Å²) in [5.41, 5.74) is 0.717. The molecule has 0 spiro atoms. The molecular formula is C13H17Cl2NO2S. The van der Waals surface area contributed by atoms with Crippen molar-refractivity contribution in [3.8, 4) is 0 Å². The fourth-order valence-corrected chi connectivity index (χ4v) is 4.89. The average Bonchev–Trinajstić information content (AvgIpc) is 2.34. The van der Waals surface area contributed by atoms with E-state index in [0.29, 0.717) is 17.1 Å². The third kappa shape index (κ3) is 2.92. The number of benzene rings is 1. The molecule has 0 amide bonds. The molecule has 0 aromatic heterocycles. The number of hydrogen-bond donors (Lipinski definition) is 0. The van der Waals surface area contributed by atoms with E-state index in [-0.39, 0.29) is 16.0 Å². The van der Waals surface area contributed by atoms with Gasteiger partial charge >= 0.3 is 0 Å². The van der Waals surface area contributed by atoms with E-state index in [1.807, 2.05) is 6.92 Å². The monoisotopic (exact) mass is 321 g/mol. The minimum atomic E-state index is -3.54. The molecule has 19 heavy (non-hydrogen) atoms. The van der Waals surface area contributed by atoms with Crippen LogP contribution in [0.4, 0.5) is 0 Å². The lowest BCUT2D eigenvalue weighted by Gasteiger charge is -2.32. The zero-order valence-corrected chi connectivity index (χ0v) is 13.3. The molecule has 1 aromatic carbocycles. The van der Waals surface area contributed by atoms with Crippen molar-refractivity contribution in [1.82, 2.24) is 4.31 Å². The van der Waals surface area contributed by atoms with Gasteiger partial charge in [-0.25, -0.2) is 8.42 Å². The summed E-state index contributed by atoms with van der Waals surface area (Å²) in [6, 6.07) is 3.08. The van der Waals surface area contributed by atoms with Crippen LogP contribution >= 0.6 is 23.2 Å². The van der Waals surface area contributed by atoms with Crippen molar-refractivity contribution in [2.75, 3.05) is 6.54 Å². The molecule has 1 fully saturated rings. The fraction of sp³-hybridized carbons (Fsp3) is 0.538. The molecule has 1 aromatic rings. The van der Waals surface area contributed by atoms with Crippen LogP contribution in [0, 0.1) is 6.92 Å². The number of piperidine rings is 1. The first kappa shape index (κ1) is 15.1. The molecule has 0 aliphatic carbocycles. The van der Waals surface area contributed by atoms with E-state index in [0.717, 1.165) is 19.3 Å². The summed E-state index contributed by atoms with van der Waals surface area (Å²) in [5, 5.41) is 0.670. The summed E-state index contributed by atoms with van der Waals surface area (Å²) < 4.78 is 26.9. The van der Waals surface area contributed by atoms with Gasteiger partial charge in [0.1, 0.15) is 4.90 Å². The first-order valence-corrected chi connectivity index (χ1v) is 8.51. The van der Waals surface area contributed by atoms with Gasteiger partial charge in [-0.2, -0.15) is 4.31 Å². The predicted octanol–water partition coefficient (Wildman–Crippen LogP) is 3.86. The van der Waals surface area contributed by atoms with Crippen LogP contribution in [0.5, 0.6) is 0 Å². The van der Waals surface area contributed by atoms with Crippen LogP contribution < -0.4 is 0 Å². The van der Waals surface area contributed by atoms with Crippen molar-refractivity contribution < 1.29 is 8.42 Å². The second-order valence-electron chi connectivity index (χ2n) is 4.99. The Morgan fingerprint density at radius 2 is 1.89 bits per heavy atom. The summed E-state index contributed by atoms with van der Waals surface area (Å²) in [6.45, 7) is 4.27. The maximum atomic E-state index is 12.7. The Labute approximate surface area is 124 Å². The highest BCUT2D eigenvalue weighted by atomic mass is 35.5. The molecule has 1 aliphatic rings. The minimum Gasteiger partial charge on any atom is -0.207 e. The fourth-order valence-electron chi connectivity index (χ4n) is 2.38. The molecule has 1 saturated heterocycles. The van der Waals surface area contributed by atoms with E-state index < -0.39 is 10.0 Å². The van der Waals surface area contributed by atoms with Gasteiger partial charge in [0.25, 0.3) is 0 Å². The van der Waals surface area contributed by atoms with E-state index in [9.17, 15) is 8.42 Å². The SMILES string of the molecule is Cc1cc(S(=O)(=O)N2CCCC[C@H]2C)c(Cl)cc1Cl. The van der Waals surface area contributed by atoms with Crippen molar-refractivity contribution in [2.24, 2.45) is 0 Å². The van der Waals surface area contributed by atoms with E-state index in [1.54, 1.807) is 17.3 Å². The lowest BCUT2D eigenvalue weighted by Crippen LogP contribution is -2.42. The number of rotatable bonds is 2. The van der Waals surface area contributed by atoms with Gasteiger partial charge in [-0.3, -0.25) is 0 Å². The highest BCUT2D eigenvalue weighted by Gasteiger charge is 2.32. The molecule has 3 nitrogen and oxygen atoms in total. The molecule has 1 heterocycles. The van der Waals surface area contributed by atoms with Gasteiger partial charge in [-0.1, -0.05) is 29.6 Å². The molecule has 1 atom stereocenters. The number of hydrogen-bond acceptors (Lipinski definition) is 2. The number of halogens is 2. The molecule has 0 radical (unpaired) electrons. The molecule has 106 valence electrons. The number of sulfonamides is 1. The van der Waals surface area contributed by atoms with E-state index in [1.165, 1.54) is 6.07 Å². The maximum absolute atomic E-state index is 12.7. The third-order valence-corrected chi connectivity index (χ3v) is 6.43. The molecule has 1 aliphatic heterocycles. The Morgan fingerprint density at radius 3 is 2.53 bits per heavy atom. The minimum absolute atomic E-state index is 0.0193. The first-order chi connectivity index (χ1) is 8.84. The average molecular weight is 322 g/mol. The maximum Gasteiger partial charge on any atom is 0.244 e. The third-order valence-electron chi connectivity index (χ3n) is 3.54. The van der Waals surface area contributed by atoms with Crippen LogP contribution in [0.1, 0.15) is 31.7 Å². The Kier molecular flexibility index (Phi) is 4.45. The summed E-state index contributed by atoms with van der Waals surface area (Å²) >= 11 is 12.0. The molecule has 2 rings (SSSR count). The summed E-state index contributed by atoms with van der Waals surface area (Å²) in [5.74, 6) is 0. The van der Waals surface area contributed by atoms with Crippen LogP contribution in [0.25, 0.3) is 0 Å². The van der Waals surface area contributed by atoms with Crippen LogP contribution in [0.3, 0.4) is 0 Å². The van der Waals surface area contributed by atoms with Gasteiger partial charge < -0.3 is 0 Å². The zero-order valence-electron chi connectivity index (χ0n) is 11.0. The Balaban J connectivity index is 2.47. The van der Waals surface area contributed by atoms with E-state index in [4.69, 9.17) is 23.2 Å². The normalized spacial score (nSPS) is 21.6. The Morgan fingerprint density at radius 1 is 1.21 bits per heavy atom. The van der Waals surface area contributed by atoms with Gasteiger partial charge in [0.15, 0.2) is 0 Å². The van der Waals surface area contributed by atoms with Crippen molar-refractivity contribution >= 4 is 33.2 Å². The predicted molar refractivity (Wildman–Crippen MR) is 78.4 cm³/mol. The van der Waals surface area contributed by atoms with E-state index >= 15 is 0 Å². The summed E-state index contributed by atoms with van der Waals surface area (Å²) in [7, 11) is -3.54. The largest absolute Gasteiger partial charge is 0.244 e. The molecule has 0 bridgehead atoms. The zero-order chi connectivity index (χ0) is 14.2. The molecule has 0 N–H and O–H groups in total. The van der Waals surface area contributed by atoms with Gasteiger partial charge in [-0.05, 0) is 44.4 Å². The molecular weight excluding hydrogens is 305 g/mol. The van der Waals surface area contributed by atoms with Crippen LogP contribution in [-0.2, 0) is 10.0 Å². The Bertz CT molecular complexity index is 587. The van der Waals surface area contributed by atoms with Gasteiger partial charge in [-0.15, -0.1) is 0 Å². The smallest absolute Gasteiger partial charge is 0.207 e. The second kappa shape index (κ2) is 5.60. The summed E-state index contributed by atoms with van der Waals surface area (Å²) in [6.07, 6.45) is 2.86.